The van der Waals surface area contributed by atoms with E-state index < -0.39 is 11.9 Å². The maximum absolute atomic E-state index is 10.0. The summed E-state index contributed by atoms with van der Waals surface area (Å²) in [6, 6.07) is 10.0. The Hall–Kier alpha value is -3.28. The molecule has 0 saturated carbocycles. The van der Waals surface area contributed by atoms with Crippen LogP contribution in [0.1, 0.15) is 5.56 Å². The second-order valence-electron chi connectivity index (χ2n) is 3.88. The van der Waals surface area contributed by atoms with Crippen molar-refractivity contribution in [2.75, 3.05) is 0 Å². The van der Waals surface area contributed by atoms with Crippen molar-refractivity contribution in [1.82, 2.24) is 5.32 Å². The van der Waals surface area contributed by atoms with Gasteiger partial charge in [0.2, 0.25) is 0 Å². The summed E-state index contributed by atoms with van der Waals surface area (Å²) in [5.41, 5.74) is 1.17. The molecule has 0 saturated heterocycles. The Morgan fingerprint density at radius 2 is 1.32 bits per heavy atom. The maximum Gasteiger partial charge on any atom is 0.338 e. The first-order valence-corrected chi connectivity index (χ1v) is 6.15. The van der Waals surface area contributed by atoms with Crippen molar-refractivity contribution in [2.24, 2.45) is 0 Å². The molecule has 1 aromatic carbocycles. The van der Waals surface area contributed by atoms with E-state index in [-0.39, 0.29) is 11.8 Å². The minimum Gasteiger partial charge on any atom is -0.387 e. The SMILES string of the molecule is C=Cc1ccccc1.O=C1C=CC(=O)N1.O=C1C=CC(=O)O1. The summed E-state index contributed by atoms with van der Waals surface area (Å²) in [7, 11) is 0. The highest BCUT2D eigenvalue weighted by Crippen LogP contribution is 1.97. The predicted molar refractivity (Wildman–Crippen MR) is 79.1 cm³/mol. The molecule has 6 heteroatoms. The minimum atomic E-state index is -0.579. The quantitative estimate of drug-likeness (QED) is 0.477. The van der Waals surface area contributed by atoms with E-state index in [0.29, 0.717) is 0 Å². The summed E-state index contributed by atoms with van der Waals surface area (Å²) < 4.78 is 3.97. The maximum atomic E-state index is 10.0. The van der Waals surface area contributed by atoms with Gasteiger partial charge in [-0.25, -0.2) is 9.59 Å². The first-order valence-electron chi connectivity index (χ1n) is 6.15. The molecule has 0 aliphatic carbocycles. The number of nitrogens with one attached hydrogen (secondary N) is 1. The minimum absolute atomic E-state index is 0.329. The molecular formula is C16H13NO5. The zero-order valence-electron chi connectivity index (χ0n) is 11.5. The summed E-state index contributed by atoms with van der Waals surface area (Å²) in [6.07, 6.45) is 6.40. The highest BCUT2D eigenvalue weighted by atomic mass is 16.6. The molecule has 22 heavy (non-hydrogen) atoms. The van der Waals surface area contributed by atoms with E-state index in [1.54, 1.807) is 0 Å². The van der Waals surface area contributed by atoms with Crippen LogP contribution in [-0.2, 0) is 23.9 Å². The van der Waals surface area contributed by atoms with Gasteiger partial charge in [0.15, 0.2) is 0 Å². The van der Waals surface area contributed by atoms with Gasteiger partial charge in [0, 0.05) is 24.3 Å². The van der Waals surface area contributed by atoms with Crippen LogP contribution in [0.15, 0.2) is 61.2 Å². The van der Waals surface area contributed by atoms with Gasteiger partial charge in [0.25, 0.3) is 11.8 Å². The Kier molecular flexibility index (Phi) is 6.71. The molecule has 0 spiro atoms. The molecule has 0 fully saturated rings. The van der Waals surface area contributed by atoms with E-state index in [4.69, 9.17) is 0 Å². The summed E-state index contributed by atoms with van der Waals surface area (Å²) >= 11 is 0. The van der Waals surface area contributed by atoms with Gasteiger partial charge in [-0.15, -0.1) is 0 Å². The van der Waals surface area contributed by atoms with Gasteiger partial charge in [-0.05, 0) is 5.56 Å². The van der Waals surface area contributed by atoms with Crippen molar-refractivity contribution in [3.05, 3.63) is 66.8 Å². The van der Waals surface area contributed by atoms with E-state index in [1.165, 1.54) is 17.7 Å². The second-order valence-corrected chi connectivity index (χ2v) is 3.88. The molecule has 0 atom stereocenters. The number of ether oxygens (including phenoxy) is 1. The number of cyclic esters (lactones) is 2. The lowest BCUT2D eigenvalue weighted by Gasteiger charge is -1.85. The average molecular weight is 299 g/mol. The average Bonchev–Trinajstić information content (AvgIpc) is 3.08. The summed E-state index contributed by atoms with van der Waals surface area (Å²) in [6.45, 7) is 3.63. The van der Waals surface area contributed by atoms with Crippen LogP contribution < -0.4 is 5.32 Å². The second kappa shape index (κ2) is 8.80. The van der Waals surface area contributed by atoms with Crippen LogP contribution in [0.25, 0.3) is 6.08 Å². The molecule has 6 nitrogen and oxygen atoms in total. The summed E-state index contributed by atoms with van der Waals surface area (Å²) in [5.74, 6) is -1.81. The third-order valence-electron chi connectivity index (χ3n) is 2.22. The van der Waals surface area contributed by atoms with Crippen molar-refractivity contribution in [1.29, 1.82) is 0 Å². The van der Waals surface area contributed by atoms with Crippen molar-refractivity contribution in [3.63, 3.8) is 0 Å². The number of hydrogen-bond acceptors (Lipinski definition) is 5. The Morgan fingerprint density at radius 3 is 1.55 bits per heavy atom. The monoisotopic (exact) mass is 299 g/mol. The van der Waals surface area contributed by atoms with Crippen molar-refractivity contribution in [3.8, 4) is 0 Å². The van der Waals surface area contributed by atoms with Crippen LogP contribution in [0.5, 0.6) is 0 Å². The van der Waals surface area contributed by atoms with Crippen molar-refractivity contribution in [2.45, 2.75) is 0 Å². The van der Waals surface area contributed by atoms with Gasteiger partial charge in [0.1, 0.15) is 0 Å². The molecule has 1 aromatic rings. The fourth-order valence-corrected chi connectivity index (χ4v) is 1.25. The molecule has 0 bridgehead atoms. The Labute approximate surface area is 126 Å². The number of rotatable bonds is 1. The van der Waals surface area contributed by atoms with E-state index >= 15 is 0 Å². The lowest BCUT2D eigenvalue weighted by molar-refractivity contribution is -0.150. The number of carbonyl (C=O) groups excluding carboxylic acids is 4. The smallest absolute Gasteiger partial charge is 0.338 e. The van der Waals surface area contributed by atoms with Crippen LogP contribution in [-0.4, -0.2) is 23.8 Å². The molecule has 112 valence electrons. The molecule has 2 amide bonds. The third kappa shape index (κ3) is 6.76. The molecular weight excluding hydrogens is 286 g/mol. The Bertz CT molecular complexity index is 576. The van der Waals surface area contributed by atoms with E-state index in [9.17, 15) is 19.2 Å². The van der Waals surface area contributed by atoms with Crippen LogP contribution >= 0.6 is 0 Å². The molecule has 2 aliphatic heterocycles. The molecule has 2 heterocycles. The molecule has 1 N–H and O–H groups in total. The van der Waals surface area contributed by atoms with Gasteiger partial charge in [-0.2, -0.15) is 0 Å². The number of amides is 2. The lowest BCUT2D eigenvalue weighted by Crippen LogP contribution is -2.19. The summed E-state index contributed by atoms with van der Waals surface area (Å²) in [4.78, 5) is 39.9. The van der Waals surface area contributed by atoms with Crippen LogP contribution in [0.3, 0.4) is 0 Å². The van der Waals surface area contributed by atoms with Gasteiger partial charge in [-0.3, -0.25) is 14.9 Å². The molecule has 2 aliphatic rings. The van der Waals surface area contributed by atoms with Crippen LogP contribution in [0.2, 0.25) is 0 Å². The zero-order chi connectivity index (χ0) is 16.4. The molecule has 0 radical (unpaired) electrons. The number of esters is 2. The number of carbonyl (C=O) groups is 4. The largest absolute Gasteiger partial charge is 0.387 e. The van der Waals surface area contributed by atoms with Gasteiger partial charge >= 0.3 is 11.9 Å². The molecule has 0 unspecified atom stereocenters. The van der Waals surface area contributed by atoms with E-state index in [2.05, 4.69) is 11.3 Å². The van der Waals surface area contributed by atoms with E-state index in [1.807, 2.05) is 41.7 Å². The van der Waals surface area contributed by atoms with Gasteiger partial charge < -0.3 is 4.74 Å². The molecule has 3 rings (SSSR count). The summed E-state index contributed by atoms with van der Waals surface area (Å²) in [5, 5.41) is 2.03. The normalized spacial score (nSPS) is 14.4. The first-order chi connectivity index (χ1) is 10.5. The zero-order valence-corrected chi connectivity index (χ0v) is 11.5. The number of hydrogen-bond donors (Lipinski definition) is 1. The van der Waals surface area contributed by atoms with Crippen molar-refractivity contribution < 1.29 is 23.9 Å². The fraction of sp³-hybridized carbons (Fsp3) is 0. The van der Waals surface area contributed by atoms with Crippen LogP contribution in [0.4, 0.5) is 0 Å². The highest BCUT2D eigenvalue weighted by Gasteiger charge is 2.10. The molecule has 0 aromatic heterocycles. The van der Waals surface area contributed by atoms with E-state index in [0.717, 1.165) is 12.2 Å². The first kappa shape index (κ1) is 16.8. The Balaban J connectivity index is 0.000000166. The van der Waals surface area contributed by atoms with Gasteiger partial charge in [0.05, 0.1) is 0 Å². The highest BCUT2D eigenvalue weighted by molar-refractivity contribution is 6.12. The van der Waals surface area contributed by atoms with Crippen molar-refractivity contribution >= 4 is 29.8 Å². The van der Waals surface area contributed by atoms with Crippen LogP contribution in [0, 0.1) is 0 Å². The third-order valence-corrected chi connectivity index (χ3v) is 2.22. The standard InChI is InChI=1S/C8H8.C4H3NO2.C4H2O3/c1-2-8-6-4-3-5-7-8;6-3-1-2-4(7)5-3;5-3-1-2-4(6)7-3/h2-7H,1H2;1-2H,(H,5,6,7);1-2H. The Morgan fingerprint density at radius 1 is 0.818 bits per heavy atom. The number of imide groups is 1. The lowest BCUT2D eigenvalue weighted by atomic mass is 10.2. The topological polar surface area (TPSA) is 89.5 Å². The fourth-order valence-electron chi connectivity index (χ4n) is 1.25. The predicted octanol–water partition coefficient (Wildman–Crippen LogP) is 1.15. The van der Waals surface area contributed by atoms with Gasteiger partial charge in [-0.1, -0.05) is 43.0 Å². The number of benzene rings is 1.